The molecule has 0 aromatic carbocycles. The third-order valence-corrected chi connectivity index (χ3v) is 6.53. The molecule has 0 N–H and O–H groups in total. The second-order valence-electron chi connectivity index (χ2n) is 5.12. The lowest BCUT2D eigenvalue weighted by molar-refractivity contribution is 0.281. The van der Waals surface area contributed by atoms with Gasteiger partial charge in [-0.1, -0.05) is 38.8 Å². The fourth-order valence-corrected chi connectivity index (χ4v) is 5.63. The van der Waals surface area contributed by atoms with Gasteiger partial charge in [0, 0.05) is 16.3 Å². The van der Waals surface area contributed by atoms with Crippen LogP contribution in [-0.2, 0) is 0 Å². The largest absolute Gasteiger partial charge is 0.324 e. The highest BCUT2D eigenvalue weighted by Gasteiger charge is 2.24. The van der Waals surface area contributed by atoms with Gasteiger partial charge >= 0.3 is 0 Å². The molecule has 3 heteroatoms. The van der Waals surface area contributed by atoms with E-state index in [1.165, 1.54) is 35.9 Å². The van der Waals surface area contributed by atoms with Gasteiger partial charge in [-0.25, -0.2) is 0 Å². The molecule has 0 aromatic rings. The molecule has 1 fully saturated rings. The monoisotopic (exact) mass is 215 g/mol. The maximum atomic E-state index is 2.88. The molecule has 0 aliphatic heterocycles. The van der Waals surface area contributed by atoms with Crippen molar-refractivity contribution in [2.24, 2.45) is 0 Å². The van der Waals surface area contributed by atoms with E-state index in [0.717, 1.165) is 17.2 Å². The van der Waals surface area contributed by atoms with Crippen LogP contribution < -0.4 is 0 Å². The van der Waals surface area contributed by atoms with Gasteiger partial charge in [0.15, 0.2) is 0 Å². The molecule has 13 heavy (non-hydrogen) atoms. The highest BCUT2D eigenvalue weighted by Crippen LogP contribution is 2.25. The van der Waals surface area contributed by atoms with Gasteiger partial charge in [0.2, 0.25) is 0 Å². The lowest BCUT2D eigenvalue weighted by Gasteiger charge is -2.34. The normalized spacial score (nSPS) is 22.8. The number of nitrogens with zero attached hydrogens (tertiary/aromatic N) is 1. The molecule has 1 aliphatic carbocycles. The van der Waals surface area contributed by atoms with Crippen LogP contribution in [0.15, 0.2) is 0 Å². The Kier molecular flexibility index (Phi) is 4.69. The van der Waals surface area contributed by atoms with Crippen molar-refractivity contribution in [3.63, 3.8) is 0 Å². The predicted molar refractivity (Wildman–Crippen MR) is 67.1 cm³/mol. The summed E-state index contributed by atoms with van der Waals surface area (Å²) < 4.78 is 2.88. The van der Waals surface area contributed by atoms with Gasteiger partial charge < -0.3 is 4.57 Å². The summed E-state index contributed by atoms with van der Waals surface area (Å²) in [4.78, 5) is 0. The zero-order chi connectivity index (χ0) is 9.84. The van der Waals surface area contributed by atoms with Crippen LogP contribution in [0.3, 0.4) is 0 Å². The first-order valence-corrected chi connectivity index (χ1v) is 8.47. The van der Waals surface area contributed by atoms with Gasteiger partial charge in [-0.2, -0.15) is 0 Å². The molecule has 0 amide bonds. The van der Waals surface area contributed by atoms with E-state index >= 15 is 0 Å². The van der Waals surface area contributed by atoms with Gasteiger partial charge in [-0.15, -0.1) is 0 Å². The van der Waals surface area contributed by atoms with Crippen LogP contribution in [0, 0.1) is 0 Å². The Morgan fingerprint density at radius 1 is 1.23 bits per heavy atom. The second-order valence-corrected chi connectivity index (χ2v) is 11.5. The molecular weight excluding hydrogens is 190 g/mol. The van der Waals surface area contributed by atoms with Gasteiger partial charge in [0.05, 0.1) is 9.68 Å². The summed E-state index contributed by atoms with van der Waals surface area (Å²) in [6, 6.07) is 1.79. The maximum Gasteiger partial charge on any atom is 0.0951 e. The summed E-state index contributed by atoms with van der Waals surface area (Å²) in [5, 5.41) is 1.09. The minimum Gasteiger partial charge on any atom is -0.324 e. The van der Waals surface area contributed by atoms with E-state index in [9.17, 15) is 0 Å². The highest BCUT2D eigenvalue weighted by atomic mass is 28.3. The molecule has 0 heterocycles. The van der Waals surface area contributed by atoms with E-state index in [2.05, 4.69) is 25.3 Å². The lowest BCUT2D eigenvalue weighted by Crippen LogP contribution is -2.43. The summed E-state index contributed by atoms with van der Waals surface area (Å²) in [6.07, 6.45) is 5.94. The third kappa shape index (κ3) is 3.56. The minimum absolute atomic E-state index is 0.0782. The maximum absolute atomic E-state index is 2.88. The van der Waals surface area contributed by atoms with Crippen LogP contribution >= 0.6 is 0 Å². The topological polar surface area (TPSA) is 3.24 Å². The number of hydrogen-bond acceptors (Lipinski definition) is 1. The van der Waals surface area contributed by atoms with Crippen LogP contribution in [0.25, 0.3) is 0 Å². The standard InChI is InChI=1S/C10H25NSi2/c1-8(2)11(13-9(3)12)10-6-4-5-7-10/h8-10H,4-7,13H2,1-3,12H3. The first kappa shape index (κ1) is 11.5. The van der Waals surface area contributed by atoms with Crippen molar-refractivity contribution in [3.05, 3.63) is 0 Å². The molecule has 0 aromatic heterocycles. The van der Waals surface area contributed by atoms with Gasteiger partial charge in [-0.05, 0) is 18.9 Å². The number of hydrogen-bond donors (Lipinski definition) is 0. The van der Waals surface area contributed by atoms with Crippen molar-refractivity contribution < 1.29 is 0 Å². The Hall–Kier alpha value is 0.394. The molecule has 1 aliphatic rings. The molecule has 0 saturated heterocycles. The van der Waals surface area contributed by atoms with E-state index in [1.54, 1.807) is 0 Å². The smallest absolute Gasteiger partial charge is 0.0951 e. The molecular formula is C10H25NSi2. The Labute approximate surface area is 88.6 Å². The van der Waals surface area contributed by atoms with E-state index in [-0.39, 0.29) is 9.68 Å². The summed E-state index contributed by atoms with van der Waals surface area (Å²) in [6.45, 7) is 7.22. The summed E-state index contributed by atoms with van der Waals surface area (Å²) >= 11 is 0. The van der Waals surface area contributed by atoms with Crippen molar-refractivity contribution in [1.82, 2.24) is 4.57 Å². The Morgan fingerprint density at radius 2 is 1.77 bits per heavy atom. The Bertz CT molecular complexity index is 142. The van der Waals surface area contributed by atoms with Crippen LogP contribution in [0.4, 0.5) is 0 Å². The average molecular weight is 215 g/mol. The van der Waals surface area contributed by atoms with E-state index in [1.807, 2.05) is 0 Å². The van der Waals surface area contributed by atoms with Crippen LogP contribution in [0.2, 0.25) is 5.16 Å². The molecule has 0 spiro atoms. The average Bonchev–Trinajstić information content (AvgIpc) is 2.50. The molecule has 0 bridgehead atoms. The second kappa shape index (κ2) is 5.32. The molecule has 1 rings (SSSR count). The molecule has 1 nitrogen and oxygen atoms in total. The molecule has 78 valence electrons. The summed E-state index contributed by atoms with van der Waals surface area (Å²) in [5.74, 6) is 0. The van der Waals surface area contributed by atoms with Crippen molar-refractivity contribution in [2.75, 3.05) is 0 Å². The van der Waals surface area contributed by atoms with Gasteiger partial charge in [-0.3, -0.25) is 0 Å². The summed E-state index contributed by atoms with van der Waals surface area (Å²) in [7, 11) is 1.48. The fourth-order valence-electron chi connectivity index (χ4n) is 2.44. The van der Waals surface area contributed by atoms with Gasteiger partial charge in [0.1, 0.15) is 0 Å². The first-order chi connectivity index (χ1) is 6.11. The molecule has 1 unspecified atom stereocenters. The van der Waals surface area contributed by atoms with Crippen LogP contribution in [0.1, 0.15) is 46.5 Å². The highest BCUT2D eigenvalue weighted by molar-refractivity contribution is 6.47. The van der Waals surface area contributed by atoms with E-state index in [0.29, 0.717) is 0 Å². The van der Waals surface area contributed by atoms with Crippen LogP contribution in [0.5, 0.6) is 0 Å². The van der Waals surface area contributed by atoms with Crippen molar-refractivity contribution in [1.29, 1.82) is 0 Å². The minimum atomic E-state index is 0.0782. The van der Waals surface area contributed by atoms with Crippen molar-refractivity contribution >= 4 is 19.9 Å². The summed E-state index contributed by atoms with van der Waals surface area (Å²) in [5.41, 5.74) is 0. The first-order valence-electron chi connectivity index (χ1n) is 5.87. The third-order valence-electron chi connectivity index (χ3n) is 3.03. The number of rotatable bonds is 4. The molecule has 0 radical (unpaired) electrons. The van der Waals surface area contributed by atoms with Crippen LogP contribution in [-0.4, -0.2) is 36.6 Å². The predicted octanol–water partition coefficient (Wildman–Crippen LogP) is 0.854. The SMILES string of the molecule is CC([SiH3])[SiH2]N(C(C)C)C1CCCC1. The Balaban J connectivity index is 2.45. The lowest BCUT2D eigenvalue weighted by atomic mass is 10.2. The molecule has 1 saturated carbocycles. The zero-order valence-corrected chi connectivity index (χ0v) is 13.1. The fraction of sp³-hybridized carbons (Fsp3) is 1.00. The Morgan fingerprint density at radius 3 is 2.15 bits per heavy atom. The zero-order valence-electron chi connectivity index (χ0n) is 9.71. The van der Waals surface area contributed by atoms with Crippen molar-refractivity contribution in [3.8, 4) is 0 Å². The van der Waals surface area contributed by atoms with Gasteiger partial charge in [0.25, 0.3) is 0 Å². The van der Waals surface area contributed by atoms with E-state index in [4.69, 9.17) is 0 Å². The molecule has 1 atom stereocenters. The van der Waals surface area contributed by atoms with E-state index < -0.39 is 0 Å². The quantitative estimate of drug-likeness (QED) is 0.629. The van der Waals surface area contributed by atoms with Crippen molar-refractivity contribution in [2.45, 2.75) is 63.7 Å².